The molecule has 1 aromatic rings. The van der Waals surface area contributed by atoms with Crippen LogP contribution in [-0.4, -0.2) is 46.6 Å². The lowest BCUT2D eigenvalue weighted by Gasteiger charge is -2.25. The smallest absolute Gasteiger partial charge is 0.267 e. The van der Waals surface area contributed by atoms with Crippen molar-refractivity contribution < 1.29 is 4.79 Å². The molecule has 1 aromatic heterocycles. The van der Waals surface area contributed by atoms with E-state index in [0.29, 0.717) is 10.9 Å². The first kappa shape index (κ1) is 14.4. The van der Waals surface area contributed by atoms with E-state index in [1.54, 1.807) is 0 Å². The molecule has 1 N–H and O–H groups in total. The first-order valence-electron chi connectivity index (χ1n) is 6.73. The van der Waals surface area contributed by atoms with Gasteiger partial charge in [-0.25, -0.2) is 0 Å². The van der Waals surface area contributed by atoms with Crippen LogP contribution in [0.1, 0.15) is 49.0 Å². The first-order valence-corrected chi connectivity index (χ1v) is 7.51. The molecule has 1 unspecified atom stereocenters. The average Bonchev–Trinajstić information content (AvgIpc) is 2.95. The maximum atomic E-state index is 12.7. The highest BCUT2D eigenvalue weighted by Crippen LogP contribution is 2.29. The van der Waals surface area contributed by atoms with Crippen molar-refractivity contribution in [3.05, 3.63) is 10.6 Å². The van der Waals surface area contributed by atoms with E-state index in [0.717, 1.165) is 31.6 Å². The van der Waals surface area contributed by atoms with Crippen molar-refractivity contribution in [1.82, 2.24) is 19.8 Å². The molecule has 1 amide bonds. The van der Waals surface area contributed by atoms with Gasteiger partial charge in [-0.15, -0.1) is 5.10 Å². The first-order chi connectivity index (χ1) is 8.95. The van der Waals surface area contributed by atoms with Crippen molar-refractivity contribution in [2.75, 3.05) is 20.1 Å². The highest BCUT2D eigenvalue weighted by Gasteiger charge is 2.34. The Morgan fingerprint density at radius 1 is 1.53 bits per heavy atom. The summed E-state index contributed by atoms with van der Waals surface area (Å²) in [6.07, 6.45) is 2.15. The number of amides is 1. The van der Waals surface area contributed by atoms with E-state index in [1.165, 1.54) is 11.5 Å². The lowest BCUT2D eigenvalue weighted by Crippen LogP contribution is -2.41. The van der Waals surface area contributed by atoms with Gasteiger partial charge in [0.2, 0.25) is 0 Å². The largest absolute Gasteiger partial charge is 0.334 e. The van der Waals surface area contributed by atoms with Crippen LogP contribution >= 0.6 is 11.5 Å². The number of carbonyl (C=O) groups is 1. The highest BCUT2D eigenvalue weighted by atomic mass is 32.1. The molecule has 5 nitrogen and oxygen atoms in total. The normalized spacial score (nSPS) is 20.0. The van der Waals surface area contributed by atoms with Crippen molar-refractivity contribution in [3.63, 3.8) is 0 Å². The monoisotopic (exact) mass is 282 g/mol. The van der Waals surface area contributed by atoms with Crippen molar-refractivity contribution >= 4 is 17.4 Å². The molecule has 0 spiro atoms. The van der Waals surface area contributed by atoms with E-state index >= 15 is 0 Å². The highest BCUT2D eigenvalue weighted by molar-refractivity contribution is 7.08. The zero-order valence-corrected chi connectivity index (χ0v) is 12.9. The number of hydrogen-bond donors (Lipinski definition) is 1. The molecule has 0 aliphatic carbocycles. The van der Waals surface area contributed by atoms with Gasteiger partial charge in [0.15, 0.2) is 0 Å². The Morgan fingerprint density at radius 2 is 2.26 bits per heavy atom. The molecule has 0 radical (unpaired) electrons. The Labute approximate surface area is 118 Å². The summed E-state index contributed by atoms with van der Waals surface area (Å²) in [6.45, 7) is 7.89. The minimum absolute atomic E-state index is 0.0951. The zero-order valence-electron chi connectivity index (χ0n) is 12.1. The molecule has 1 saturated heterocycles. The van der Waals surface area contributed by atoms with Gasteiger partial charge < -0.3 is 10.2 Å². The maximum Gasteiger partial charge on any atom is 0.267 e. The summed E-state index contributed by atoms with van der Waals surface area (Å²) in [5.74, 6) is 0.0951. The predicted molar refractivity (Wildman–Crippen MR) is 76.6 cm³/mol. The number of nitrogens with zero attached hydrogens (tertiary/aromatic N) is 3. The Hall–Kier alpha value is -1.01. The van der Waals surface area contributed by atoms with Gasteiger partial charge in [0, 0.05) is 24.5 Å². The van der Waals surface area contributed by atoms with E-state index in [1.807, 2.05) is 11.9 Å². The van der Waals surface area contributed by atoms with Crippen molar-refractivity contribution in [2.45, 2.75) is 45.1 Å². The van der Waals surface area contributed by atoms with Crippen molar-refractivity contribution in [3.8, 4) is 0 Å². The molecular weight excluding hydrogens is 260 g/mol. The quantitative estimate of drug-likeness (QED) is 0.916. The second kappa shape index (κ2) is 5.54. The second-order valence-electron chi connectivity index (χ2n) is 6.05. The number of likely N-dealkylation sites (tertiary alicyclic amines) is 1. The Kier molecular flexibility index (Phi) is 4.20. The summed E-state index contributed by atoms with van der Waals surface area (Å²) in [5, 5.41) is 7.32. The minimum atomic E-state index is -0.143. The van der Waals surface area contributed by atoms with Crippen molar-refractivity contribution in [2.24, 2.45) is 0 Å². The average molecular weight is 282 g/mol. The van der Waals surface area contributed by atoms with Gasteiger partial charge in [-0.3, -0.25) is 4.79 Å². The second-order valence-corrected chi connectivity index (χ2v) is 6.81. The van der Waals surface area contributed by atoms with Crippen LogP contribution in [0.3, 0.4) is 0 Å². The molecule has 0 saturated carbocycles. The summed E-state index contributed by atoms with van der Waals surface area (Å²) in [7, 11) is 1.93. The number of carbonyl (C=O) groups excluding carboxylic acids is 1. The van der Waals surface area contributed by atoms with Gasteiger partial charge in [-0.1, -0.05) is 25.3 Å². The third kappa shape index (κ3) is 2.95. The molecule has 2 heterocycles. The Bertz CT molecular complexity index is 452. The van der Waals surface area contributed by atoms with Crippen LogP contribution in [0.25, 0.3) is 0 Å². The van der Waals surface area contributed by atoms with Crippen LogP contribution in [-0.2, 0) is 5.41 Å². The van der Waals surface area contributed by atoms with Crippen LogP contribution in [0.5, 0.6) is 0 Å². The van der Waals surface area contributed by atoms with E-state index < -0.39 is 0 Å². The molecule has 0 aromatic carbocycles. The Morgan fingerprint density at radius 3 is 2.89 bits per heavy atom. The number of rotatable bonds is 3. The molecule has 6 heteroatoms. The van der Waals surface area contributed by atoms with E-state index in [9.17, 15) is 4.79 Å². The number of aromatic nitrogens is 2. The van der Waals surface area contributed by atoms with Gasteiger partial charge in [0.05, 0.1) is 5.69 Å². The third-order valence-electron chi connectivity index (χ3n) is 3.47. The minimum Gasteiger partial charge on any atom is -0.334 e. The number of nitrogens with one attached hydrogen (secondary N) is 1. The van der Waals surface area contributed by atoms with Crippen LogP contribution in [0.2, 0.25) is 0 Å². The van der Waals surface area contributed by atoms with Crippen LogP contribution in [0, 0.1) is 0 Å². The maximum absolute atomic E-state index is 12.7. The molecule has 0 bridgehead atoms. The van der Waals surface area contributed by atoms with Crippen LogP contribution in [0.4, 0.5) is 0 Å². The van der Waals surface area contributed by atoms with E-state index in [2.05, 4.69) is 35.7 Å². The lowest BCUT2D eigenvalue weighted by molar-refractivity contribution is 0.0739. The fourth-order valence-corrected chi connectivity index (χ4v) is 3.34. The van der Waals surface area contributed by atoms with Crippen LogP contribution in [0.15, 0.2) is 0 Å². The van der Waals surface area contributed by atoms with Gasteiger partial charge in [-0.05, 0) is 31.4 Å². The Balaban J connectivity index is 2.22. The van der Waals surface area contributed by atoms with Crippen molar-refractivity contribution in [1.29, 1.82) is 0 Å². The SMILES string of the molecule is CNCC1CCCN1C(=O)c1snnc1C(C)(C)C. The summed E-state index contributed by atoms with van der Waals surface area (Å²) in [5.41, 5.74) is 0.675. The van der Waals surface area contributed by atoms with Gasteiger partial charge in [-0.2, -0.15) is 0 Å². The molecule has 2 rings (SSSR count). The number of hydrogen-bond acceptors (Lipinski definition) is 5. The van der Waals surface area contributed by atoms with Gasteiger partial charge in [0.1, 0.15) is 4.88 Å². The fraction of sp³-hybridized carbons (Fsp3) is 0.769. The van der Waals surface area contributed by atoms with Crippen LogP contribution < -0.4 is 5.32 Å². The summed E-state index contributed by atoms with van der Waals surface area (Å²) in [4.78, 5) is 15.4. The molecule has 19 heavy (non-hydrogen) atoms. The van der Waals surface area contributed by atoms with E-state index in [-0.39, 0.29) is 11.3 Å². The molecular formula is C13H22N4OS. The topological polar surface area (TPSA) is 58.1 Å². The molecule has 1 aliphatic rings. The molecule has 1 fully saturated rings. The molecule has 1 aliphatic heterocycles. The van der Waals surface area contributed by atoms with Gasteiger partial charge in [0.25, 0.3) is 5.91 Å². The lowest BCUT2D eigenvalue weighted by atomic mass is 9.91. The van der Waals surface area contributed by atoms with E-state index in [4.69, 9.17) is 0 Å². The molecule has 1 atom stereocenters. The standard InChI is InChI=1S/C13H22N4OS/c1-13(2,3)11-10(19-16-15-11)12(18)17-7-5-6-9(17)8-14-4/h9,14H,5-8H2,1-4H3. The van der Waals surface area contributed by atoms with Gasteiger partial charge >= 0.3 is 0 Å². The predicted octanol–water partition coefficient (Wildman–Crippen LogP) is 1.66. The summed E-state index contributed by atoms with van der Waals surface area (Å²) >= 11 is 1.22. The summed E-state index contributed by atoms with van der Waals surface area (Å²) in [6, 6.07) is 0.299. The third-order valence-corrected chi connectivity index (χ3v) is 4.18. The summed E-state index contributed by atoms with van der Waals surface area (Å²) < 4.78 is 3.98. The fourth-order valence-electron chi connectivity index (χ4n) is 2.50. The number of likely N-dealkylation sites (N-methyl/N-ethyl adjacent to an activating group) is 1. The molecule has 106 valence electrons. The zero-order chi connectivity index (χ0) is 14.0.